The number of ether oxygens (including phenoxy) is 1. The van der Waals surface area contributed by atoms with E-state index in [1.807, 2.05) is 35.1 Å². The van der Waals surface area contributed by atoms with Gasteiger partial charge in [0.1, 0.15) is 12.4 Å². The van der Waals surface area contributed by atoms with Gasteiger partial charge in [0.15, 0.2) is 0 Å². The molecule has 1 amide bonds. The maximum Gasteiger partial charge on any atom is 0.304 e. The molecule has 0 radical (unpaired) electrons. The highest BCUT2D eigenvalue weighted by Gasteiger charge is 2.39. The minimum Gasteiger partial charge on any atom is -0.492 e. The first kappa shape index (κ1) is 18.0. The zero-order chi connectivity index (χ0) is 17.7. The van der Waals surface area contributed by atoms with Gasteiger partial charge in [0.05, 0.1) is 12.6 Å². The summed E-state index contributed by atoms with van der Waals surface area (Å²) in [6, 6.07) is 8.83. The second-order valence-electron chi connectivity index (χ2n) is 5.35. The average molecular weight is 348 g/mol. The van der Waals surface area contributed by atoms with Crippen LogP contribution in [0.4, 0.5) is 0 Å². The van der Waals surface area contributed by atoms with Gasteiger partial charge in [-0.05, 0) is 24.1 Å². The number of hydrogen-bond donors (Lipinski definition) is 1. The van der Waals surface area contributed by atoms with Crippen molar-refractivity contribution in [1.82, 2.24) is 9.03 Å². The van der Waals surface area contributed by atoms with Gasteiger partial charge in [-0.1, -0.05) is 49.6 Å². The molecule has 0 saturated carbocycles. The van der Waals surface area contributed by atoms with Crippen molar-refractivity contribution < 1.29 is 17.9 Å². The van der Waals surface area contributed by atoms with Crippen molar-refractivity contribution in [3.8, 4) is 0 Å². The molecule has 1 aliphatic rings. The number of carbonyl (C=O) groups excluding carboxylic acids is 1. The zero-order valence-electron chi connectivity index (χ0n) is 13.4. The maximum atomic E-state index is 12.0. The first-order valence-electron chi connectivity index (χ1n) is 7.35. The highest BCUT2D eigenvalue weighted by molar-refractivity contribution is 7.88. The standard InChI is InChI=1S/C17H20N2O4S/c1-4-13(2)10-16(23-12-15-8-6-5-7-9-15)14(3)19-11-17(20)18-24(19,21)22/h4-10,14H,1-2,11-12H2,3H3,(H,18,20)/b16-10+. The first-order valence-corrected chi connectivity index (χ1v) is 8.79. The first-order chi connectivity index (χ1) is 11.3. The number of nitrogens with one attached hydrogen (secondary N) is 1. The second-order valence-corrected chi connectivity index (χ2v) is 6.97. The summed E-state index contributed by atoms with van der Waals surface area (Å²) in [5.41, 5.74) is 1.53. The minimum atomic E-state index is -3.85. The largest absolute Gasteiger partial charge is 0.492 e. The summed E-state index contributed by atoms with van der Waals surface area (Å²) in [5, 5.41) is 0. The molecule has 1 saturated heterocycles. The molecule has 0 aliphatic carbocycles. The van der Waals surface area contributed by atoms with Crippen LogP contribution in [0.2, 0.25) is 0 Å². The van der Waals surface area contributed by atoms with E-state index in [-0.39, 0.29) is 13.2 Å². The molecule has 1 heterocycles. The molecule has 24 heavy (non-hydrogen) atoms. The molecule has 1 aromatic carbocycles. The number of rotatable bonds is 7. The third-order valence-corrected chi connectivity index (χ3v) is 5.08. The lowest BCUT2D eigenvalue weighted by molar-refractivity contribution is -0.118. The number of amides is 1. The van der Waals surface area contributed by atoms with Gasteiger partial charge < -0.3 is 4.74 Å². The van der Waals surface area contributed by atoms with Crippen LogP contribution >= 0.6 is 0 Å². The van der Waals surface area contributed by atoms with Crippen molar-refractivity contribution >= 4 is 16.1 Å². The van der Waals surface area contributed by atoms with Gasteiger partial charge in [0, 0.05) is 0 Å². The number of benzene rings is 1. The van der Waals surface area contributed by atoms with E-state index in [1.54, 1.807) is 19.1 Å². The van der Waals surface area contributed by atoms with Crippen molar-refractivity contribution in [2.75, 3.05) is 6.54 Å². The number of hydrogen-bond acceptors (Lipinski definition) is 4. The van der Waals surface area contributed by atoms with Crippen LogP contribution in [0.25, 0.3) is 0 Å². The molecule has 1 fully saturated rings. The third-order valence-electron chi connectivity index (χ3n) is 3.53. The van der Waals surface area contributed by atoms with E-state index in [4.69, 9.17) is 4.74 Å². The molecular formula is C17H20N2O4S. The molecule has 1 N–H and O–H groups in total. The van der Waals surface area contributed by atoms with Crippen molar-refractivity contribution in [3.63, 3.8) is 0 Å². The average Bonchev–Trinajstić information content (AvgIpc) is 2.83. The van der Waals surface area contributed by atoms with Crippen LogP contribution in [0.3, 0.4) is 0 Å². The number of allylic oxidation sites excluding steroid dienone is 3. The van der Waals surface area contributed by atoms with E-state index in [9.17, 15) is 13.2 Å². The van der Waals surface area contributed by atoms with Crippen molar-refractivity contribution in [2.24, 2.45) is 0 Å². The van der Waals surface area contributed by atoms with Gasteiger partial charge in [-0.2, -0.15) is 12.7 Å². The highest BCUT2D eigenvalue weighted by Crippen LogP contribution is 2.21. The van der Waals surface area contributed by atoms with Gasteiger partial charge >= 0.3 is 10.2 Å². The molecule has 1 unspecified atom stereocenters. The summed E-state index contributed by atoms with van der Waals surface area (Å²) in [6.07, 6.45) is 3.17. The molecule has 2 rings (SSSR count). The lowest BCUT2D eigenvalue weighted by Gasteiger charge is -2.24. The Kier molecular flexibility index (Phi) is 5.58. The molecule has 1 aromatic rings. The minimum absolute atomic E-state index is 0.240. The van der Waals surface area contributed by atoms with Crippen LogP contribution < -0.4 is 4.72 Å². The van der Waals surface area contributed by atoms with Gasteiger partial charge in [-0.25, -0.2) is 4.72 Å². The Morgan fingerprint density at radius 1 is 1.42 bits per heavy atom. The lowest BCUT2D eigenvalue weighted by atomic mass is 10.2. The fraction of sp³-hybridized carbons (Fsp3) is 0.235. The van der Waals surface area contributed by atoms with E-state index in [2.05, 4.69) is 13.2 Å². The zero-order valence-corrected chi connectivity index (χ0v) is 14.3. The fourth-order valence-corrected chi connectivity index (χ4v) is 3.49. The molecule has 6 nitrogen and oxygen atoms in total. The summed E-state index contributed by atoms with van der Waals surface area (Å²) in [7, 11) is -3.85. The Morgan fingerprint density at radius 3 is 2.62 bits per heavy atom. The SMILES string of the molecule is C=CC(=C)/C=C(/OCc1ccccc1)C(C)N1CC(=O)NS1(=O)=O. The topological polar surface area (TPSA) is 75.7 Å². The second kappa shape index (κ2) is 7.46. The van der Waals surface area contributed by atoms with Gasteiger partial charge in [-0.3, -0.25) is 4.79 Å². The quantitative estimate of drug-likeness (QED) is 0.603. The van der Waals surface area contributed by atoms with Crippen molar-refractivity contribution in [2.45, 2.75) is 19.6 Å². The predicted molar refractivity (Wildman–Crippen MR) is 91.9 cm³/mol. The Bertz CT molecular complexity index is 769. The van der Waals surface area contributed by atoms with Crippen LogP contribution in [0.15, 0.2) is 67.0 Å². The summed E-state index contributed by atoms with van der Waals surface area (Å²) in [6.45, 7) is 9.13. The van der Waals surface area contributed by atoms with Crippen molar-refractivity contribution in [3.05, 3.63) is 72.5 Å². The van der Waals surface area contributed by atoms with Crippen LogP contribution in [0.1, 0.15) is 12.5 Å². The van der Waals surface area contributed by atoms with Gasteiger partial charge in [-0.15, -0.1) is 0 Å². The number of nitrogens with zero attached hydrogens (tertiary/aromatic N) is 1. The smallest absolute Gasteiger partial charge is 0.304 e. The van der Waals surface area contributed by atoms with E-state index in [0.29, 0.717) is 11.3 Å². The van der Waals surface area contributed by atoms with Crippen LogP contribution in [-0.2, 0) is 26.3 Å². The normalized spacial score (nSPS) is 18.7. The maximum absolute atomic E-state index is 12.0. The Balaban J connectivity index is 2.22. The summed E-state index contributed by atoms with van der Waals surface area (Å²) in [5.74, 6) is -0.171. The Labute approximate surface area is 142 Å². The van der Waals surface area contributed by atoms with Crippen LogP contribution in [-0.4, -0.2) is 31.2 Å². The van der Waals surface area contributed by atoms with E-state index >= 15 is 0 Å². The van der Waals surface area contributed by atoms with Gasteiger partial charge in [0.2, 0.25) is 5.91 Å². The summed E-state index contributed by atoms with van der Waals surface area (Å²) >= 11 is 0. The van der Waals surface area contributed by atoms with Crippen LogP contribution in [0, 0.1) is 0 Å². The Hall–Kier alpha value is -2.38. The predicted octanol–water partition coefficient (Wildman–Crippen LogP) is 1.89. The molecule has 1 aliphatic heterocycles. The molecule has 128 valence electrons. The van der Waals surface area contributed by atoms with Crippen LogP contribution in [0.5, 0.6) is 0 Å². The third kappa shape index (κ3) is 4.33. The molecule has 7 heteroatoms. The Morgan fingerprint density at radius 2 is 2.08 bits per heavy atom. The van der Waals surface area contributed by atoms with E-state index in [1.165, 1.54) is 0 Å². The molecule has 0 spiro atoms. The van der Waals surface area contributed by atoms with E-state index < -0.39 is 22.2 Å². The van der Waals surface area contributed by atoms with Gasteiger partial charge in [0.25, 0.3) is 0 Å². The highest BCUT2D eigenvalue weighted by atomic mass is 32.2. The monoisotopic (exact) mass is 348 g/mol. The summed E-state index contributed by atoms with van der Waals surface area (Å²) in [4.78, 5) is 11.4. The summed E-state index contributed by atoms with van der Waals surface area (Å²) < 4.78 is 32.9. The van der Waals surface area contributed by atoms with Crippen molar-refractivity contribution in [1.29, 1.82) is 0 Å². The molecular weight excluding hydrogens is 328 g/mol. The molecule has 0 aromatic heterocycles. The molecule has 0 bridgehead atoms. The molecule has 1 atom stereocenters. The lowest BCUT2D eigenvalue weighted by Crippen LogP contribution is -2.38. The fourth-order valence-electron chi connectivity index (χ4n) is 2.21. The number of carbonyl (C=O) groups is 1. The van der Waals surface area contributed by atoms with E-state index in [0.717, 1.165) is 9.87 Å².